The summed E-state index contributed by atoms with van der Waals surface area (Å²) in [6.45, 7) is -1.46. The average Bonchev–Trinajstić information content (AvgIpc) is 2.73. The first-order valence-corrected chi connectivity index (χ1v) is 11.0. The van der Waals surface area contributed by atoms with Gasteiger partial charge in [-0.05, 0) is 35.9 Å². The number of sulfonamides is 1. The monoisotopic (exact) mass is 457 g/mol. The molecule has 168 valence electrons. The molecule has 0 aromatic heterocycles. The molecule has 1 N–H and O–H groups in total. The maximum atomic E-state index is 13.4. The summed E-state index contributed by atoms with van der Waals surface area (Å²) in [7, 11) is -3.78. The number of halogens is 3. The van der Waals surface area contributed by atoms with Gasteiger partial charge in [0, 0.05) is 32.7 Å². The lowest BCUT2D eigenvalue weighted by molar-refractivity contribution is -0.122. The molecule has 11 heteroatoms. The van der Waals surface area contributed by atoms with Crippen molar-refractivity contribution in [1.82, 2.24) is 14.5 Å². The standard InChI is InChI=1S/C20H22F3N3O4S/c21-16-2-1-3-18(12-16)31(28,29)26-10-8-25(9-11-26)14-19(27)24-13-15-4-6-17(7-5-15)30-20(22)23/h1-7,12,20H,8-11,13-14H2,(H,24,27). The van der Waals surface area contributed by atoms with Gasteiger partial charge in [0.25, 0.3) is 0 Å². The quantitative estimate of drug-likeness (QED) is 0.657. The second-order valence-electron chi connectivity index (χ2n) is 6.94. The summed E-state index contributed by atoms with van der Waals surface area (Å²) >= 11 is 0. The van der Waals surface area contributed by atoms with Gasteiger partial charge in [0.15, 0.2) is 0 Å². The minimum absolute atomic E-state index is 0.0381. The van der Waals surface area contributed by atoms with E-state index in [1.165, 1.54) is 34.6 Å². The number of nitrogens with zero attached hydrogens (tertiary/aromatic N) is 2. The number of amides is 1. The van der Waals surface area contributed by atoms with E-state index < -0.39 is 22.5 Å². The van der Waals surface area contributed by atoms with Crippen molar-refractivity contribution < 1.29 is 31.1 Å². The molecule has 0 radical (unpaired) electrons. The predicted octanol–water partition coefficient (Wildman–Crippen LogP) is 2.05. The molecule has 1 aliphatic heterocycles. The largest absolute Gasteiger partial charge is 0.435 e. The molecular formula is C20H22F3N3O4S. The van der Waals surface area contributed by atoms with Crippen molar-refractivity contribution in [2.45, 2.75) is 18.1 Å². The van der Waals surface area contributed by atoms with Crippen LogP contribution in [0, 0.1) is 5.82 Å². The Morgan fingerprint density at radius 2 is 1.74 bits per heavy atom. The van der Waals surface area contributed by atoms with Crippen LogP contribution >= 0.6 is 0 Å². The summed E-state index contributed by atoms with van der Waals surface area (Å²) in [6, 6.07) is 10.8. The van der Waals surface area contributed by atoms with Crippen LogP contribution < -0.4 is 10.1 Å². The molecule has 0 saturated carbocycles. The van der Waals surface area contributed by atoms with Gasteiger partial charge in [0.05, 0.1) is 11.4 Å². The van der Waals surface area contributed by atoms with Gasteiger partial charge in [0.1, 0.15) is 11.6 Å². The number of alkyl halides is 2. The molecule has 0 unspecified atom stereocenters. The van der Waals surface area contributed by atoms with Crippen LogP contribution in [0.2, 0.25) is 0 Å². The van der Waals surface area contributed by atoms with Gasteiger partial charge in [-0.1, -0.05) is 18.2 Å². The normalized spacial score (nSPS) is 15.7. The first kappa shape index (κ1) is 23.0. The van der Waals surface area contributed by atoms with Crippen LogP contribution in [0.1, 0.15) is 5.56 Å². The minimum Gasteiger partial charge on any atom is -0.435 e. The molecule has 2 aromatic rings. The third-order valence-electron chi connectivity index (χ3n) is 4.77. The van der Waals surface area contributed by atoms with Crippen molar-refractivity contribution in [3.63, 3.8) is 0 Å². The SMILES string of the molecule is O=C(CN1CCN(S(=O)(=O)c2cccc(F)c2)CC1)NCc1ccc(OC(F)F)cc1. The van der Waals surface area contributed by atoms with Crippen molar-refractivity contribution in [3.05, 3.63) is 59.9 Å². The van der Waals surface area contributed by atoms with Gasteiger partial charge < -0.3 is 10.1 Å². The maximum absolute atomic E-state index is 13.4. The number of carbonyl (C=O) groups excluding carboxylic acids is 1. The van der Waals surface area contributed by atoms with E-state index in [1.54, 1.807) is 12.1 Å². The predicted molar refractivity (Wildman–Crippen MR) is 107 cm³/mol. The molecule has 1 aliphatic rings. The Morgan fingerprint density at radius 1 is 1.06 bits per heavy atom. The van der Waals surface area contributed by atoms with E-state index >= 15 is 0 Å². The summed E-state index contributed by atoms with van der Waals surface area (Å²) < 4.78 is 68.5. The molecule has 0 spiro atoms. The molecule has 1 saturated heterocycles. The van der Waals surface area contributed by atoms with Crippen molar-refractivity contribution in [1.29, 1.82) is 0 Å². The number of benzene rings is 2. The van der Waals surface area contributed by atoms with Crippen LogP contribution in [0.5, 0.6) is 5.75 Å². The van der Waals surface area contributed by atoms with Crippen LogP contribution in [-0.4, -0.2) is 62.9 Å². The maximum Gasteiger partial charge on any atom is 0.387 e. The van der Waals surface area contributed by atoms with Crippen LogP contribution in [-0.2, 0) is 21.4 Å². The first-order valence-electron chi connectivity index (χ1n) is 9.52. The Hall–Kier alpha value is -2.63. The van der Waals surface area contributed by atoms with Gasteiger partial charge in [-0.25, -0.2) is 12.8 Å². The fourth-order valence-corrected chi connectivity index (χ4v) is 4.61. The highest BCUT2D eigenvalue weighted by Crippen LogP contribution is 2.18. The fraction of sp³-hybridized carbons (Fsp3) is 0.350. The molecule has 0 atom stereocenters. The van der Waals surface area contributed by atoms with E-state index in [0.29, 0.717) is 13.1 Å². The van der Waals surface area contributed by atoms with Gasteiger partial charge in [0.2, 0.25) is 15.9 Å². The smallest absolute Gasteiger partial charge is 0.387 e. The van der Waals surface area contributed by atoms with Crippen LogP contribution in [0.3, 0.4) is 0 Å². The van der Waals surface area contributed by atoms with E-state index in [0.717, 1.165) is 11.6 Å². The summed E-state index contributed by atoms with van der Waals surface area (Å²) in [5.41, 5.74) is 0.723. The van der Waals surface area contributed by atoms with Gasteiger partial charge in [-0.15, -0.1) is 0 Å². The molecule has 1 amide bonds. The van der Waals surface area contributed by atoms with Gasteiger partial charge >= 0.3 is 6.61 Å². The second-order valence-corrected chi connectivity index (χ2v) is 8.87. The molecule has 1 fully saturated rings. The number of ether oxygens (including phenoxy) is 1. The van der Waals surface area contributed by atoms with Crippen LogP contribution in [0.25, 0.3) is 0 Å². The van der Waals surface area contributed by atoms with Crippen molar-refractivity contribution >= 4 is 15.9 Å². The molecule has 0 bridgehead atoms. The Bertz CT molecular complexity index is 995. The van der Waals surface area contributed by atoms with E-state index in [9.17, 15) is 26.4 Å². The van der Waals surface area contributed by atoms with Gasteiger partial charge in [-0.3, -0.25) is 9.69 Å². The summed E-state index contributed by atoms with van der Waals surface area (Å²) in [5.74, 6) is -0.821. The molecule has 1 heterocycles. The Morgan fingerprint density at radius 3 is 2.35 bits per heavy atom. The summed E-state index contributed by atoms with van der Waals surface area (Å²) in [5, 5.41) is 2.74. The summed E-state index contributed by atoms with van der Waals surface area (Å²) in [6.07, 6.45) is 0. The molecule has 0 aliphatic carbocycles. The van der Waals surface area contributed by atoms with Gasteiger partial charge in [-0.2, -0.15) is 13.1 Å². The number of piperazine rings is 1. The number of nitrogens with one attached hydrogen (secondary N) is 1. The van der Waals surface area contributed by atoms with E-state index in [4.69, 9.17) is 0 Å². The summed E-state index contributed by atoms with van der Waals surface area (Å²) in [4.78, 5) is 13.9. The number of hydrogen-bond acceptors (Lipinski definition) is 5. The third kappa shape index (κ3) is 6.42. The van der Waals surface area contributed by atoms with E-state index in [1.807, 2.05) is 4.90 Å². The topological polar surface area (TPSA) is 79.0 Å². The van der Waals surface area contributed by atoms with E-state index in [2.05, 4.69) is 10.1 Å². The molecule has 31 heavy (non-hydrogen) atoms. The first-order chi connectivity index (χ1) is 14.7. The number of hydrogen-bond donors (Lipinski definition) is 1. The zero-order valence-electron chi connectivity index (χ0n) is 16.5. The highest BCUT2D eigenvalue weighted by atomic mass is 32.2. The Balaban J connectivity index is 1.44. The highest BCUT2D eigenvalue weighted by Gasteiger charge is 2.29. The third-order valence-corrected chi connectivity index (χ3v) is 6.67. The zero-order valence-corrected chi connectivity index (χ0v) is 17.3. The molecule has 7 nitrogen and oxygen atoms in total. The lowest BCUT2D eigenvalue weighted by atomic mass is 10.2. The van der Waals surface area contributed by atoms with Crippen molar-refractivity contribution in [2.75, 3.05) is 32.7 Å². The van der Waals surface area contributed by atoms with Crippen LogP contribution in [0.4, 0.5) is 13.2 Å². The Labute approximate surface area is 178 Å². The van der Waals surface area contributed by atoms with Crippen LogP contribution in [0.15, 0.2) is 53.4 Å². The average molecular weight is 457 g/mol. The lowest BCUT2D eigenvalue weighted by Gasteiger charge is -2.33. The molecular weight excluding hydrogens is 435 g/mol. The lowest BCUT2D eigenvalue weighted by Crippen LogP contribution is -2.50. The molecule has 2 aromatic carbocycles. The second kappa shape index (κ2) is 10.1. The van der Waals surface area contributed by atoms with E-state index in [-0.39, 0.29) is 42.7 Å². The number of rotatable bonds is 8. The van der Waals surface area contributed by atoms with Crippen molar-refractivity contribution in [3.8, 4) is 5.75 Å². The highest BCUT2D eigenvalue weighted by molar-refractivity contribution is 7.89. The Kier molecular flexibility index (Phi) is 7.52. The number of carbonyl (C=O) groups is 1. The fourth-order valence-electron chi connectivity index (χ4n) is 3.15. The minimum atomic E-state index is -3.78. The molecule has 3 rings (SSSR count). The zero-order chi connectivity index (χ0) is 22.4. The van der Waals surface area contributed by atoms with Crippen molar-refractivity contribution in [2.24, 2.45) is 0 Å².